The lowest BCUT2D eigenvalue weighted by molar-refractivity contribution is 0.502. The Morgan fingerprint density at radius 3 is 2.23 bits per heavy atom. The Labute approximate surface area is 84.4 Å². The van der Waals surface area contributed by atoms with Crippen LogP contribution in [0.15, 0.2) is 0 Å². The van der Waals surface area contributed by atoms with Gasteiger partial charge in [0.2, 0.25) is 0 Å². The Kier molecular flexibility index (Phi) is 8.77. The first-order valence-corrected chi connectivity index (χ1v) is 6.44. The lowest BCUT2D eigenvalue weighted by Crippen LogP contribution is -2.13. The molecule has 0 aromatic rings. The Bertz CT molecular complexity index is 137. The van der Waals surface area contributed by atoms with E-state index in [0.29, 0.717) is 0 Å². The molecular formula is C10H21O2S-. The topological polar surface area (TPSA) is 40.1 Å². The monoisotopic (exact) mass is 205 g/mol. The van der Waals surface area contributed by atoms with Gasteiger partial charge in [-0.2, -0.15) is 0 Å². The van der Waals surface area contributed by atoms with E-state index in [1.807, 2.05) is 6.92 Å². The van der Waals surface area contributed by atoms with E-state index in [1.54, 1.807) is 0 Å². The van der Waals surface area contributed by atoms with Crippen LogP contribution in [0.2, 0.25) is 0 Å². The lowest BCUT2D eigenvalue weighted by atomic mass is 10.1. The zero-order chi connectivity index (χ0) is 10.1. The molecule has 3 heteroatoms. The molecule has 0 saturated carbocycles. The number of rotatable bonds is 8. The molecule has 80 valence electrons. The molecule has 0 aromatic heterocycles. The molecule has 0 N–H and O–H groups in total. The molecule has 13 heavy (non-hydrogen) atoms. The minimum Gasteiger partial charge on any atom is -0.772 e. The zero-order valence-corrected chi connectivity index (χ0v) is 9.57. The highest BCUT2D eigenvalue weighted by Gasteiger charge is 2.05. The highest BCUT2D eigenvalue weighted by molar-refractivity contribution is 7.79. The summed E-state index contributed by atoms with van der Waals surface area (Å²) in [6.45, 7) is 4.12. The predicted molar refractivity (Wildman–Crippen MR) is 56.4 cm³/mol. The molecule has 0 aliphatic carbocycles. The summed E-state index contributed by atoms with van der Waals surface area (Å²) in [6.07, 6.45) is 7.61. The minimum atomic E-state index is -1.86. The molecule has 0 bridgehead atoms. The third-order valence-corrected chi connectivity index (χ3v) is 3.47. The normalized spacial score (nSPS) is 15.6. The van der Waals surface area contributed by atoms with Gasteiger partial charge in [0.15, 0.2) is 0 Å². The summed E-state index contributed by atoms with van der Waals surface area (Å²) < 4.78 is 21.3. The van der Waals surface area contributed by atoms with Gasteiger partial charge in [-0.15, -0.1) is 0 Å². The van der Waals surface area contributed by atoms with E-state index in [1.165, 1.54) is 25.7 Å². The Morgan fingerprint density at radius 1 is 1.15 bits per heavy atom. The summed E-state index contributed by atoms with van der Waals surface area (Å²) in [6, 6.07) is 0. The van der Waals surface area contributed by atoms with Crippen LogP contribution in [0.25, 0.3) is 0 Å². The van der Waals surface area contributed by atoms with Gasteiger partial charge in [-0.05, 0) is 12.8 Å². The zero-order valence-electron chi connectivity index (χ0n) is 8.75. The van der Waals surface area contributed by atoms with Gasteiger partial charge in [0.25, 0.3) is 0 Å². The minimum absolute atomic E-state index is 0.110. The fraction of sp³-hybridized carbons (Fsp3) is 1.00. The smallest absolute Gasteiger partial charge is 0.0213 e. The third-order valence-electron chi connectivity index (χ3n) is 2.36. The number of hydrogen-bond acceptors (Lipinski definition) is 2. The fourth-order valence-electron chi connectivity index (χ4n) is 1.41. The van der Waals surface area contributed by atoms with Crippen LogP contribution in [0.3, 0.4) is 0 Å². The largest absolute Gasteiger partial charge is 0.772 e. The van der Waals surface area contributed by atoms with E-state index in [2.05, 4.69) is 6.92 Å². The van der Waals surface area contributed by atoms with Gasteiger partial charge in [-0.1, -0.05) is 57.0 Å². The molecule has 0 saturated heterocycles. The standard InChI is InChI=1S/C10H22O2S/c1-3-5-6-7-8-9-10(4-2)13(11)12/h10H,3-9H2,1-2H3,(H,11,12)/p-1. The van der Waals surface area contributed by atoms with Crippen molar-refractivity contribution in [3.63, 3.8) is 0 Å². The van der Waals surface area contributed by atoms with Crippen molar-refractivity contribution in [2.24, 2.45) is 0 Å². The molecule has 0 aromatic carbocycles. The van der Waals surface area contributed by atoms with Crippen LogP contribution in [0.5, 0.6) is 0 Å². The second kappa shape index (κ2) is 8.70. The summed E-state index contributed by atoms with van der Waals surface area (Å²) in [5, 5.41) is -0.110. The second-order valence-electron chi connectivity index (χ2n) is 3.49. The molecular weight excluding hydrogens is 184 g/mol. The first kappa shape index (κ1) is 13.1. The summed E-state index contributed by atoms with van der Waals surface area (Å²) in [5.74, 6) is 0. The average molecular weight is 205 g/mol. The molecule has 0 rings (SSSR count). The molecule has 2 nitrogen and oxygen atoms in total. The van der Waals surface area contributed by atoms with Crippen molar-refractivity contribution in [2.45, 2.75) is 64.0 Å². The quantitative estimate of drug-likeness (QED) is 0.451. The Hall–Kier alpha value is 0.110. The van der Waals surface area contributed by atoms with Gasteiger partial charge >= 0.3 is 0 Å². The van der Waals surface area contributed by atoms with Gasteiger partial charge in [0, 0.05) is 5.25 Å². The fourth-order valence-corrected chi connectivity index (χ4v) is 2.04. The number of hydrogen-bond donors (Lipinski definition) is 0. The predicted octanol–water partition coefficient (Wildman–Crippen LogP) is 3.00. The van der Waals surface area contributed by atoms with Gasteiger partial charge in [-0.25, -0.2) is 0 Å². The van der Waals surface area contributed by atoms with Gasteiger partial charge in [-0.3, -0.25) is 4.21 Å². The lowest BCUT2D eigenvalue weighted by Gasteiger charge is -2.17. The summed E-state index contributed by atoms with van der Waals surface area (Å²) >= 11 is -1.86. The molecule has 2 unspecified atom stereocenters. The molecule has 2 atom stereocenters. The van der Waals surface area contributed by atoms with Crippen LogP contribution in [0.1, 0.15) is 58.8 Å². The molecule has 0 fully saturated rings. The highest BCUT2D eigenvalue weighted by Crippen LogP contribution is 2.12. The van der Waals surface area contributed by atoms with E-state index >= 15 is 0 Å². The maximum atomic E-state index is 10.7. The van der Waals surface area contributed by atoms with Crippen molar-refractivity contribution in [1.29, 1.82) is 0 Å². The van der Waals surface area contributed by atoms with Gasteiger partial charge < -0.3 is 4.55 Å². The highest BCUT2D eigenvalue weighted by atomic mass is 32.2. The van der Waals surface area contributed by atoms with Crippen LogP contribution in [-0.2, 0) is 11.1 Å². The van der Waals surface area contributed by atoms with Gasteiger partial charge in [0.05, 0.1) is 0 Å². The summed E-state index contributed by atoms with van der Waals surface area (Å²) in [4.78, 5) is 0. The van der Waals surface area contributed by atoms with E-state index in [-0.39, 0.29) is 5.25 Å². The third kappa shape index (κ3) is 7.20. The molecule has 0 aliphatic heterocycles. The van der Waals surface area contributed by atoms with Crippen LogP contribution in [-0.4, -0.2) is 14.0 Å². The van der Waals surface area contributed by atoms with E-state index in [4.69, 9.17) is 0 Å². The summed E-state index contributed by atoms with van der Waals surface area (Å²) in [7, 11) is 0. The molecule has 0 radical (unpaired) electrons. The molecule has 0 spiro atoms. The van der Waals surface area contributed by atoms with E-state index < -0.39 is 11.1 Å². The molecule has 0 amide bonds. The van der Waals surface area contributed by atoms with Crippen molar-refractivity contribution in [2.75, 3.05) is 0 Å². The maximum Gasteiger partial charge on any atom is 0.0213 e. The van der Waals surface area contributed by atoms with Crippen molar-refractivity contribution < 1.29 is 8.76 Å². The number of unbranched alkanes of at least 4 members (excludes halogenated alkanes) is 4. The van der Waals surface area contributed by atoms with E-state index in [0.717, 1.165) is 19.3 Å². The van der Waals surface area contributed by atoms with Gasteiger partial charge in [0.1, 0.15) is 0 Å². The van der Waals surface area contributed by atoms with Crippen LogP contribution in [0.4, 0.5) is 0 Å². The van der Waals surface area contributed by atoms with E-state index in [9.17, 15) is 8.76 Å². The van der Waals surface area contributed by atoms with Crippen molar-refractivity contribution in [3.05, 3.63) is 0 Å². The maximum absolute atomic E-state index is 10.7. The first-order chi connectivity index (χ1) is 6.22. The molecule has 0 aliphatic rings. The van der Waals surface area contributed by atoms with Crippen LogP contribution < -0.4 is 0 Å². The van der Waals surface area contributed by atoms with Crippen molar-refractivity contribution in [1.82, 2.24) is 0 Å². The average Bonchev–Trinajstić information content (AvgIpc) is 2.10. The Morgan fingerprint density at radius 2 is 1.77 bits per heavy atom. The SMILES string of the molecule is CCCCCCCC(CC)S(=O)[O-]. The first-order valence-electron chi connectivity index (χ1n) is 5.30. The Balaban J connectivity index is 3.33. The van der Waals surface area contributed by atoms with Crippen molar-refractivity contribution in [3.8, 4) is 0 Å². The summed E-state index contributed by atoms with van der Waals surface area (Å²) in [5.41, 5.74) is 0. The second-order valence-corrected chi connectivity index (χ2v) is 4.68. The van der Waals surface area contributed by atoms with Crippen LogP contribution in [0, 0.1) is 0 Å². The van der Waals surface area contributed by atoms with Crippen LogP contribution >= 0.6 is 0 Å². The molecule has 0 heterocycles. The van der Waals surface area contributed by atoms with Crippen molar-refractivity contribution >= 4 is 11.1 Å².